The summed E-state index contributed by atoms with van der Waals surface area (Å²) in [7, 11) is 0. The lowest BCUT2D eigenvalue weighted by atomic mass is 9.78. The molecule has 13 atom stereocenters. The van der Waals surface area contributed by atoms with Gasteiger partial charge in [0.1, 0.15) is 5.78 Å². The number of hydrogen-bond acceptors (Lipinski definition) is 8. The van der Waals surface area contributed by atoms with Crippen molar-refractivity contribution in [2.24, 2.45) is 35.5 Å². The molecule has 1 spiro atoms. The summed E-state index contributed by atoms with van der Waals surface area (Å²) in [6, 6.07) is 0. The van der Waals surface area contributed by atoms with Crippen LogP contribution in [0, 0.1) is 35.5 Å². The number of halogens is 1. The van der Waals surface area contributed by atoms with E-state index in [2.05, 4.69) is 25.7 Å². The van der Waals surface area contributed by atoms with E-state index in [0.29, 0.717) is 57.8 Å². The Morgan fingerprint density at radius 1 is 0.960 bits per heavy atom. The van der Waals surface area contributed by atoms with Crippen LogP contribution in [-0.4, -0.2) is 70.2 Å². The van der Waals surface area contributed by atoms with Crippen LogP contribution >= 0.6 is 0 Å². The third-order valence-corrected chi connectivity index (χ3v) is 12.0. The summed E-state index contributed by atoms with van der Waals surface area (Å²) in [5, 5.41) is 19.5. The van der Waals surface area contributed by atoms with E-state index in [9.17, 15) is 24.3 Å². The van der Waals surface area contributed by atoms with Gasteiger partial charge in [-0.15, -0.1) is 0 Å². The van der Waals surface area contributed by atoms with Gasteiger partial charge in [-0.1, -0.05) is 61.5 Å². The van der Waals surface area contributed by atoms with Crippen LogP contribution in [-0.2, 0) is 33.5 Å². The van der Waals surface area contributed by atoms with Crippen LogP contribution in [0.3, 0.4) is 0 Å². The van der Waals surface area contributed by atoms with E-state index < -0.39 is 35.2 Å². The number of aliphatic hydroxyl groups excluding tert-OH is 1. The molecule has 0 bridgehead atoms. The van der Waals surface area contributed by atoms with E-state index in [-0.39, 0.29) is 60.3 Å². The standard InChI is InChI=1S/C38H63FO9.C2H6/c1-8-28(34(41)26(5)22-25(4)31-12-10-13-32(45-31)30(9-2)35(42)43)21-24(3)20-27(6)38(48-39)17-11-16-37(47-38)19-18-36(7,46-37)33-15-14-29(40)23-44-33;1-2/h11,17,24-33,40H,8-10,12-16,18-23H2,1-7H3,(H,42,43);1-2H3/t24?,25?,26?,27?,28?,29?,30?,31?,32?,33?,36-,37?,38?;/m0./s1. The Morgan fingerprint density at radius 2 is 1.66 bits per heavy atom. The zero-order valence-electron chi connectivity index (χ0n) is 32.5. The minimum absolute atomic E-state index is 0.0409. The summed E-state index contributed by atoms with van der Waals surface area (Å²) in [6.45, 7) is 18.4. The molecule has 0 aromatic heterocycles. The molecule has 0 saturated carbocycles. The molecule has 0 aromatic rings. The highest BCUT2D eigenvalue weighted by Gasteiger charge is 2.57. The molecule has 2 N–H and O–H groups in total. The smallest absolute Gasteiger partial charge is 0.309 e. The van der Waals surface area contributed by atoms with E-state index >= 15 is 0 Å². The molecule has 0 amide bonds. The fourth-order valence-corrected chi connectivity index (χ4v) is 9.03. The first-order valence-electron chi connectivity index (χ1n) is 19.8. The molecule has 10 heteroatoms. The lowest BCUT2D eigenvalue weighted by Crippen LogP contribution is -2.53. The zero-order valence-corrected chi connectivity index (χ0v) is 32.5. The van der Waals surface area contributed by atoms with Crippen LogP contribution in [0.1, 0.15) is 146 Å². The molecule has 12 unspecified atom stereocenters. The number of hydrogen-bond donors (Lipinski definition) is 2. The largest absolute Gasteiger partial charge is 0.481 e. The van der Waals surface area contributed by atoms with Crippen LogP contribution in [0.2, 0.25) is 0 Å². The van der Waals surface area contributed by atoms with Crippen molar-refractivity contribution in [3.8, 4) is 0 Å². The van der Waals surface area contributed by atoms with Crippen molar-refractivity contribution in [1.29, 1.82) is 0 Å². The highest BCUT2D eigenvalue weighted by atomic mass is 19.3. The van der Waals surface area contributed by atoms with Gasteiger partial charge in [-0.3, -0.25) is 9.59 Å². The quantitative estimate of drug-likeness (QED) is 0.151. The van der Waals surface area contributed by atoms with Gasteiger partial charge in [-0.05, 0) is 100.0 Å². The van der Waals surface area contributed by atoms with E-state index in [1.807, 2.05) is 47.6 Å². The maximum absolute atomic E-state index is 14.5. The molecular formula is C40H69FO9. The van der Waals surface area contributed by atoms with E-state index in [0.717, 1.165) is 25.7 Å². The van der Waals surface area contributed by atoms with E-state index in [1.54, 1.807) is 6.08 Å². The molecule has 3 fully saturated rings. The maximum Gasteiger partial charge on any atom is 0.309 e. The van der Waals surface area contributed by atoms with Crippen LogP contribution in [0.4, 0.5) is 4.53 Å². The van der Waals surface area contributed by atoms with Gasteiger partial charge in [-0.2, -0.15) is 4.94 Å². The first-order chi connectivity index (χ1) is 23.7. The summed E-state index contributed by atoms with van der Waals surface area (Å²) >= 11 is 0. The van der Waals surface area contributed by atoms with Gasteiger partial charge in [0.15, 0.2) is 5.79 Å². The highest BCUT2D eigenvalue weighted by Crippen LogP contribution is 2.51. The van der Waals surface area contributed by atoms with Crippen molar-refractivity contribution in [2.75, 3.05) is 6.61 Å². The topological polar surface area (TPSA) is 121 Å². The average Bonchev–Trinajstić information content (AvgIpc) is 3.43. The fourth-order valence-electron chi connectivity index (χ4n) is 9.03. The molecule has 290 valence electrons. The second-order valence-electron chi connectivity index (χ2n) is 16.0. The Morgan fingerprint density at radius 3 is 2.26 bits per heavy atom. The van der Waals surface area contributed by atoms with Gasteiger partial charge in [0.05, 0.1) is 42.5 Å². The first kappa shape index (κ1) is 43.0. The van der Waals surface area contributed by atoms with Crippen molar-refractivity contribution in [1.82, 2.24) is 0 Å². The molecule has 0 aromatic carbocycles. The van der Waals surface area contributed by atoms with Gasteiger partial charge in [0.2, 0.25) is 5.79 Å². The zero-order chi connectivity index (χ0) is 37.3. The molecular weight excluding hydrogens is 643 g/mol. The maximum atomic E-state index is 14.5. The van der Waals surface area contributed by atoms with Crippen LogP contribution in [0.25, 0.3) is 0 Å². The minimum Gasteiger partial charge on any atom is -0.481 e. The van der Waals surface area contributed by atoms with Crippen molar-refractivity contribution in [3.63, 3.8) is 0 Å². The molecule has 4 aliphatic heterocycles. The van der Waals surface area contributed by atoms with Crippen LogP contribution in [0.5, 0.6) is 0 Å². The number of aliphatic carboxylic acids is 1. The second-order valence-corrected chi connectivity index (χ2v) is 16.0. The number of carboxylic acids is 1. The molecule has 9 nitrogen and oxygen atoms in total. The number of carboxylic acid groups (broad SMARTS) is 1. The van der Waals surface area contributed by atoms with E-state index in [1.165, 1.54) is 0 Å². The highest BCUT2D eigenvalue weighted by molar-refractivity contribution is 5.83. The van der Waals surface area contributed by atoms with Crippen molar-refractivity contribution < 1.29 is 48.2 Å². The van der Waals surface area contributed by atoms with Crippen LogP contribution in [0.15, 0.2) is 12.2 Å². The number of aliphatic hydroxyl groups is 1. The normalized spacial score (nSPS) is 36.5. The summed E-state index contributed by atoms with van der Waals surface area (Å²) in [5.74, 6) is -4.01. The van der Waals surface area contributed by atoms with Gasteiger partial charge < -0.3 is 29.2 Å². The summed E-state index contributed by atoms with van der Waals surface area (Å²) < 4.78 is 39.9. The Balaban J connectivity index is 0.00000332. The summed E-state index contributed by atoms with van der Waals surface area (Å²) in [5.41, 5.74) is -0.603. The Bertz CT molecular complexity index is 1090. The third-order valence-electron chi connectivity index (χ3n) is 12.0. The SMILES string of the molecule is CC.CCC(CC(C)CC(C)C1(OF)C=CCC2(CC[C@@](C)(C3CCC(O)CO3)O2)O1)C(=O)C(C)CC(C)C1CCCC(C(CC)C(=O)O)O1. The van der Waals surface area contributed by atoms with Crippen molar-refractivity contribution in [3.05, 3.63) is 12.2 Å². The Labute approximate surface area is 301 Å². The predicted molar refractivity (Wildman–Crippen MR) is 191 cm³/mol. The van der Waals surface area contributed by atoms with E-state index in [4.69, 9.17) is 18.9 Å². The lowest BCUT2D eigenvalue weighted by molar-refractivity contribution is -0.418. The number of rotatable bonds is 16. The summed E-state index contributed by atoms with van der Waals surface area (Å²) in [6.07, 6.45) is 11.6. The molecule has 50 heavy (non-hydrogen) atoms. The minimum atomic E-state index is -1.59. The number of carbonyl (C=O) groups is 2. The predicted octanol–water partition coefficient (Wildman–Crippen LogP) is 8.75. The van der Waals surface area contributed by atoms with Crippen molar-refractivity contribution >= 4 is 11.8 Å². The molecule has 0 aliphatic carbocycles. The fraction of sp³-hybridized carbons (Fsp3) is 0.900. The van der Waals surface area contributed by atoms with Crippen LogP contribution < -0.4 is 0 Å². The van der Waals surface area contributed by atoms with Gasteiger partial charge in [-0.25, -0.2) is 0 Å². The number of ether oxygens (including phenoxy) is 4. The van der Waals surface area contributed by atoms with Gasteiger partial charge >= 0.3 is 5.97 Å². The lowest BCUT2D eigenvalue weighted by Gasteiger charge is -2.45. The number of ketones is 1. The molecule has 4 heterocycles. The summed E-state index contributed by atoms with van der Waals surface area (Å²) in [4.78, 5) is 30.1. The molecule has 0 radical (unpaired) electrons. The number of carbonyl (C=O) groups excluding carboxylic acids is 1. The average molecular weight is 713 g/mol. The Kier molecular flexibility index (Phi) is 16.4. The van der Waals surface area contributed by atoms with Crippen molar-refractivity contribution in [2.45, 2.75) is 187 Å². The molecule has 4 aliphatic rings. The molecule has 4 rings (SSSR count). The van der Waals surface area contributed by atoms with Gasteiger partial charge in [0.25, 0.3) is 0 Å². The molecule has 3 saturated heterocycles. The van der Waals surface area contributed by atoms with Gasteiger partial charge in [0, 0.05) is 30.6 Å². The second kappa shape index (κ2) is 19.1. The third kappa shape index (κ3) is 10.4. The number of Topliss-reactive ketones (excluding diaryl/α,β-unsaturated/α-hetero) is 1. The monoisotopic (exact) mass is 712 g/mol. The Hall–Kier alpha value is -1.43. The first-order valence-corrected chi connectivity index (χ1v) is 19.8.